The monoisotopic (exact) mass is 275 g/mol. The number of benzene rings is 1. The van der Waals surface area contributed by atoms with Crippen LogP contribution in [0.1, 0.15) is 38.3 Å². The Morgan fingerprint density at radius 1 is 1.20 bits per heavy atom. The second-order valence-electron chi connectivity index (χ2n) is 5.07. The van der Waals surface area contributed by atoms with E-state index in [1.807, 2.05) is 27.1 Å². The van der Waals surface area contributed by atoms with Crippen LogP contribution >= 0.6 is 0 Å². The van der Waals surface area contributed by atoms with Gasteiger partial charge in [-0.1, -0.05) is 32.0 Å². The number of nitrogens with zero attached hydrogens (tertiary/aromatic N) is 2. The molecule has 0 aliphatic heterocycles. The summed E-state index contributed by atoms with van der Waals surface area (Å²) in [5.41, 5.74) is 4.14. The minimum atomic E-state index is -0.0105. The Balaban J connectivity index is 2.85. The number of carbonyl (C=O) groups excluding carboxylic acids is 1. The van der Waals surface area contributed by atoms with Gasteiger partial charge >= 0.3 is 0 Å². The summed E-state index contributed by atoms with van der Waals surface area (Å²) < 4.78 is 0. The van der Waals surface area contributed by atoms with E-state index in [9.17, 15) is 4.79 Å². The maximum Gasteiger partial charge on any atom is 0.230 e. The van der Waals surface area contributed by atoms with Gasteiger partial charge in [-0.3, -0.25) is 4.79 Å². The van der Waals surface area contributed by atoms with Crippen LogP contribution in [-0.4, -0.2) is 30.7 Å². The van der Waals surface area contributed by atoms with Crippen LogP contribution in [0.5, 0.6) is 0 Å². The van der Waals surface area contributed by atoms with E-state index < -0.39 is 0 Å². The van der Waals surface area contributed by atoms with E-state index >= 15 is 0 Å². The number of carbonyl (C=O) groups is 1. The number of amides is 1. The first kappa shape index (κ1) is 16.2. The summed E-state index contributed by atoms with van der Waals surface area (Å²) in [7, 11) is 3.70. The fourth-order valence-electron chi connectivity index (χ4n) is 2.20. The molecular weight excluding hydrogens is 250 g/mol. The molecule has 4 nitrogen and oxygen atoms in total. The second kappa shape index (κ2) is 7.68. The maximum atomic E-state index is 12.1. The lowest BCUT2D eigenvalue weighted by Gasteiger charge is -2.14. The molecule has 0 aliphatic rings. The van der Waals surface area contributed by atoms with Crippen LogP contribution in [0.2, 0.25) is 0 Å². The number of anilines is 1. The van der Waals surface area contributed by atoms with Crippen molar-refractivity contribution in [2.45, 2.75) is 40.0 Å². The molecule has 1 rings (SSSR count). The van der Waals surface area contributed by atoms with Gasteiger partial charge in [0, 0.05) is 25.5 Å². The van der Waals surface area contributed by atoms with Crippen molar-refractivity contribution in [3.05, 3.63) is 29.3 Å². The summed E-state index contributed by atoms with van der Waals surface area (Å²) in [6, 6.07) is 6.18. The fourth-order valence-corrected chi connectivity index (χ4v) is 2.20. The van der Waals surface area contributed by atoms with Crippen molar-refractivity contribution in [3.63, 3.8) is 0 Å². The molecule has 1 aromatic carbocycles. The predicted octanol–water partition coefficient (Wildman–Crippen LogP) is 3.08. The molecule has 0 unspecified atom stereocenters. The lowest BCUT2D eigenvalue weighted by Crippen LogP contribution is -2.18. The summed E-state index contributed by atoms with van der Waals surface area (Å²) >= 11 is 0. The zero-order valence-electron chi connectivity index (χ0n) is 13.2. The zero-order chi connectivity index (χ0) is 15.1. The summed E-state index contributed by atoms with van der Waals surface area (Å²) in [6.07, 6.45) is 2.14. The van der Waals surface area contributed by atoms with E-state index in [0.717, 1.165) is 24.2 Å². The zero-order valence-corrected chi connectivity index (χ0v) is 13.2. The Bertz CT molecular complexity index is 470. The average molecular weight is 275 g/mol. The van der Waals surface area contributed by atoms with Gasteiger partial charge in [-0.15, -0.1) is 0 Å². The van der Waals surface area contributed by atoms with Crippen LogP contribution in [0.15, 0.2) is 23.3 Å². The highest BCUT2D eigenvalue weighted by Crippen LogP contribution is 2.22. The van der Waals surface area contributed by atoms with Gasteiger partial charge in [-0.25, -0.2) is 0 Å². The van der Waals surface area contributed by atoms with Crippen molar-refractivity contribution in [1.82, 2.24) is 5.01 Å². The van der Waals surface area contributed by atoms with Crippen molar-refractivity contribution in [2.75, 3.05) is 19.4 Å². The molecule has 1 N–H and O–H groups in total. The molecule has 0 radical (unpaired) electrons. The molecule has 0 aromatic heterocycles. The lowest BCUT2D eigenvalue weighted by molar-refractivity contribution is -0.115. The third kappa shape index (κ3) is 4.68. The van der Waals surface area contributed by atoms with Gasteiger partial charge in [-0.2, -0.15) is 5.10 Å². The Morgan fingerprint density at radius 2 is 1.75 bits per heavy atom. The van der Waals surface area contributed by atoms with E-state index in [0.29, 0.717) is 6.42 Å². The molecule has 110 valence electrons. The highest BCUT2D eigenvalue weighted by atomic mass is 16.1. The number of aryl methyl sites for hydroxylation is 2. The standard InChI is InChI=1S/C16H25N3O/c1-6-13-9-8-10-14(7-2)16(13)17-15(20)11-12(3)18-19(4)5/h8-10H,6-7,11H2,1-5H3,(H,17,20). The third-order valence-electron chi connectivity index (χ3n) is 3.05. The molecular formula is C16H25N3O. The van der Waals surface area contributed by atoms with Crippen molar-refractivity contribution < 1.29 is 4.79 Å². The number of hydrogen-bond donors (Lipinski definition) is 1. The van der Waals surface area contributed by atoms with Crippen LogP contribution in [0.3, 0.4) is 0 Å². The van der Waals surface area contributed by atoms with Gasteiger partial charge in [0.2, 0.25) is 5.91 Å². The number of rotatable bonds is 6. The lowest BCUT2D eigenvalue weighted by atomic mass is 10.0. The molecule has 4 heteroatoms. The number of nitrogens with one attached hydrogen (secondary N) is 1. The summed E-state index contributed by atoms with van der Waals surface area (Å²) in [5.74, 6) is -0.0105. The molecule has 1 amide bonds. The smallest absolute Gasteiger partial charge is 0.230 e. The van der Waals surface area contributed by atoms with Crippen molar-refractivity contribution in [2.24, 2.45) is 5.10 Å². The molecule has 0 bridgehead atoms. The Kier molecular flexibility index (Phi) is 6.22. The number of para-hydroxylation sites is 1. The summed E-state index contributed by atoms with van der Waals surface area (Å²) in [6.45, 7) is 6.07. The first-order valence-electron chi connectivity index (χ1n) is 7.09. The largest absolute Gasteiger partial charge is 0.325 e. The molecule has 0 fully saturated rings. The van der Waals surface area contributed by atoms with Crippen molar-refractivity contribution in [3.8, 4) is 0 Å². The normalized spacial score (nSPS) is 11.3. The maximum absolute atomic E-state index is 12.1. The van der Waals surface area contributed by atoms with Gasteiger partial charge in [0.05, 0.1) is 6.42 Å². The Morgan fingerprint density at radius 3 is 2.20 bits per heavy atom. The van der Waals surface area contributed by atoms with Gasteiger partial charge < -0.3 is 10.3 Å². The third-order valence-corrected chi connectivity index (χ3v) is 3.05. The molecule has 1 aromatic rings. The molecule has 0 saturated heterocycles. The Labute approximate surface area is 121 Å². The fraction of sp³-hybridized carbons (Fsp3) is 0.500. The van der Waals surface area contributed by atoms with Gasteiger partial charge in [0.1, 0.15) is 0 Å². The van der Waals surface area contributed by atoms with Crippen molar-refractivity contribution in [1.29, 1.82) is 0 Å². The van der Waals surface area contributed by atoms with Crippen LogP contribution in [0.4, 0.5) is 5.69 Å². The molecule has 0 atom stereocenters. The van der Waals surface area contributed by atoms with Gasteiger partial charge in [-0.05, 0) is 30.9 Å². The molecule has 20 heavy (non-hydrogen) atoms. The molecule has 0 aliphatic carbocycles. The minimum absolute atomic E-state index is 0.0105. The molecule has 0 spiro atoms. The quantitative estimate of drug-likeness (QED) is 0.640. The summed E-state index contributed by atoms with van der Waals surface area (Å²) in [4.78, 5) is 12.1. The van der Waals surface area contributed by atoms with E-state index in [2.05, 4.69) is 36.4 Å². The number of hydrogen-bond acceptors (Lipinski definition) is 3. The van der Waals surface area contributed by atoms with E-state index in [1.165, 1.54) is 11.1 Å². The highest BCUT2D eigenvalue weighted by Gasteiger charge is 2.11. The van der Waals surface area contributed by atoms with E-state index in [4.69, 9.17) is 0 Å². The number of hydrazone groups is 1. The van der Waals surface area contributed by atoms with Gasteiger partial charge in [0.25, 0.3) is 0 Å². The van der Waals surface area contributed by atoms with Gasteiger partial charge in [0.15, 0.2) is 0 Å². The first-order valence-corrected chi connectivity index (χ1v) is 7.09. The SMILES string of the molecule is CCc1cccc(CC)c1NC(=O)CC(C)=NN(C)C. The van der Waals surface area contributed by atoms with Crippen LogP contribution in [-0.2, 0) is 17.6 Å². The van der Waals surface area contributed by atoms with E-state index in [1.54, 1.807) is 5.01 Å². The summed E-state index contributed by atoms with van der Waals surface area (Å²) in [5, 5.41) is 8.99. The van der Waals surface area contributed by atoms with Crippen molar-refractivity contribution >= 4 is 17.3 Å². The first-order chi connectivity index (χ1) is 9.47. The van der Waals surface area contributed by atoms with Crippen LogP contribution in [0, 0.1) is 0 Å². The Hall–Kier alpha value is -1.84. The second-order valence-corrected chi connectivity index (χ2v) is 5.07. The molecule has 0 heterocycles. The molecule has 0 saturated carbocycles. The average Bonchev–Trinajstić information content (AvgIpc) is 2.37. The highest BCUT2D eigenvalue weighted by molar-refractivity contribution is 6.06. The van der Waals surface area contributed by atoms with Crippen LogP contribution < -0.4 is 5.32 Å². The topological polar surface area (TPSA) is 44.7 Å². The predicted molar refractivity (Wildman–Crippen MR) is 85.2 cm³/mol. The van der Waals surface area contributed by atoms with E-state index in [-0.39, 0.29) is 5.91 Å². The van der Waals surface area contributed by atoms with Crippen LogP contribution in [0.25, 0.3) is 0 Å². The minimum Gasteiger partial charge on any atom is -0.325 e.